The number of primary amides is 1. The number of ether oxygens (including phenoxy) is 1. The van der Waals surface area contributed by atoms with Crippen LogP contribution in [0, 0.1) is 0 Å². The highest BCUT2D eigenvalue weighted by Gasteiger charge is 2.37. The number of benzene rings is 2. The van der Waals surface area contributed by atoms with Crippen LogP contribution in [0.25, 0.3) is 11.1 Å². The van der Waals surface area contributed by atoms with Crippen molar-refractivity contribution in [1.82, 2.24) is 42.5 Å². The van der Waals surface area contributed by atoms with Crippen LogP contribution in [-0.4, -0.2) is 201 Å². The third-order valence-corrected chi connectivity index (χ3v) is 14.5. The van der Waals surface area contributed by atoms with Gasteiger partial charge in [0.2, 0.25) is 47.3 Å². The number of rotatable bonds is 43. The van der Waals surface area contributed by atoms with Gasteiger partial charge in [-0.15, -0.1) is 0 Å². The Morgan fingerprint density at radius 2 is 0.772 bits per heavy atom. The molecule has 8 atom stereocenters. The lowest BCUT2D eigenvalue weighted by Gasteiger charge is -2.28. The van der Waals surface area contributed by atoms with Crippen LogP contribution in [0.2, 0.25) is 0 Å². The first-order chi connectivity index (χ1) is 43.5. The van der Waals surface area contributed by atoms with Crippen molar-refractivity contribution in [2.24, 2.45) is 38.7 Å². The molecule has 0 unspecified atom stereocenters. The number of fused-ring (bicyclic) bond motifs is 3. The SMILES string of the molecule is CSCC[C@H](NC(=O)[C@H](CCC(=O)O)NC(=O)[C@H](CCC(=O)O)NC(=O)OCC1c2ccccc2-c2ccccc21)C(=O)N[C@@H](CCC(N)=O)C(=O)N[C@@H](CCCN=C(N)N)C(=O)N[C@@H](CCCN=C(N)N)C(=O)N[C@@H](CCC(=O)O)C(=O)N[C@@H](CC(=O)O)C(=O)O. The molecule has 504 valence electrons. The molecule has 92 heavy (non-hydrogen) atoms. The molecule has 23 N–H and O–H groups in total. The van der Waals surface area contributed by atoms with Crippen molar-refractivity contribution in [3.05, 3.63) is 59.7 Å². The standard InChI is InChI=1S/C56H79N15O20S/c1-92-25-22-39(69-49(84)36(15-19-42(73)74)68-51(86)38(17-21-44(77)78)71-56(90)91-27-32-30-10-4-2-8-28(30)29-9-3-5-11-31(29)32)52(87)66-35(14-18-41(57)72)48(83)65-33(12-6-23-62-54(58)59)46(81)64-34(13-7-24-63-55(60)61)47(82)67-37(16-20-43(75)76)50(85)70-40(53(88)89)26-45(79)80/h2-5,8-11,32-40H,6-7,12-27H2,1H3,(H2,57,72)(H,64,81)(H,65,83)(H,66,87)(H,67,82)(H,68,86)(H,69,84)(H,70,85)(H,71,90)(H,73,74)(H,75,76)(H,77,78)(H,79,80)(H,88,89)(H4,58,59,62)(H4,60,61,63)/t33-,34-,35-,36-,37-,38-,39-,40-/m0/s1. The monoisotopic (exact) mass is 1310 g/mol. The molecule has 0 aliphatic heterocycles. The molecule has 0 bridgehead atoms. The van der Waals surface area contributed by atoms with E-state index in [1.807, 2.05) is 53.8 Å². The minimum atomic E-state index is -2.03. The Hall–Kier alpha value is -10.3. The Morgan fingerprint density at radius 3 is 1.10 bits per heavy atom. The van der Waals surface area contributed by atoms with Crippen LogP contribution >= 0.6 is 11.8 Å². The maximum atomic E-state index is 14.4. The summed E-state index contributed by atoms with van der Waals surface area (Å²) in [6.45, 7) is -0.488. The van der Waals surface area contributed by atoms with E-state index in [0.717, 1.165) is 22.3 Å². The summed E-state index contributed by atoms with van der Waals surface area (Å²) in [4.78, 5) is 190. The normalized spacial score (nSPS) is 13.9. The van der Waals surface area contributed by atoms with E-state index in [0.29, 0.717) is 0 Å². The van der Waals surface area contributed by atoms with Crippen LogP contribution in [0.5, 0.6) is 0 Å². The number of aliphatic carboxylic acids is 5. The van der Waals surface area contributed by atoms with Crippen LogP contribution in [-0.2, 0) is 67.1 Å². The topological polar surface area (TPSA) is 600 Å². The molecule has 9 amide bonds. The lowest BCUT2D eigenvalue weighted by Crippen LogP contribution is -2.60. The second-order valence-corrected chi connectivity index (χ2v) is 21.9. The number of nitrogens with one attached hydrogen (secondary N) is 8. The van der Waals surface area contributed by atoms with Gasteiger partial charge in [-0.25, -0.2) is 9.59 Å². The van der Waals surface area contributed by atoms with Crippen molar-refractivity contribution in [2.45, 2.75) is 144 Å². The van der Waals surface area contributed by atoms with Gasteiger partial charge in [0, 0.05) is 44.7 Å². The number of thioether (sulfide) groups is 1. The van der Waals surface area contributed by atoms with Crippen LogP contribution in [0.4, 0.5) is 4.79 Å². The summed E-state index contributed by atoms with van der Waals surface area (Å²) in [5.41, 5.74) is 30.9. The molecule has 0 saturated carbocycles. The number of alkyl carbamates (subject to hydrolysis) is 1. The van der Waals surface area contributed by atoms with Gasteiger partial charge in [-0.05, 0) is 92.0 Å². The Labute approximate surface area is 530 Å². The van der Waals surface area contributed by atoms with Gasteiger partial charge in [-0.2, -0.15) is 11.8 Å². The zero-order chi connectivity index (χ0) is 68.6. The molecular formula is C56H79N15O20S. The highest BCUT2D eigenvalue weighted by atomic mass is 32.2. The van der Waals surface area contributed by atoms with Gasteiger partial charge < -0.3 is 101 Å². The first kappa shape index (κ1) is 76.0. The molecule has 1 aliphatic rings. The third-order valence-electron chi connectivity index (χ3n) is 13.9. The summed E-state index contributed by atoms with van der Waals surface area (Å²) in [5, 5.41) is 65.9. The van der Waals surface area contributed by atoms with Crippen molar-refractivity contribution >= 4 is 107 Å². The molecule has 2 aromatic rings. The molecule has 35 nitrogen and oxygen atoms in total. The van der Waals surface area contributed by atoms with Crippen LogP contribution in [0.3, 0.4) is 0 Å². The minimum absolute atomic E-state index is 0.0669. The molecule has 0 aromatic heterocycles. The maximum Gasteiger partial charge on any atom is 0.407 e. The maximum absolute atomic E-state index is 14.4. The minimum Gasteiger partial charge on any atom is -0.481 e. The number of hydrogen-bond donors (Lipinski definition) is 18. The summed E-state index contributed by atoms with van der Waals surface area (Å²) >= 11 is 1.20. The molecule has 0 fully saturated rings. The number of carbonyl (C=O) groups is 14. The molecule has 0 heterocycles. The molecule has 2 aromatic carbocycles. The molecule has 1 aliphatic carbocycles. The second kappa shape index (κ2) is 39.0. The first-order valence-corrected chi connectivity index (χ1v) is 30.1. The first-order valence-electron chi connectivity index (χ1n) is 28.7. The Balaban J connectivity index is 1.94. The Kier molecular flexibility index (Phi) is 32.2. The number of nitrogens with two attached hydrogens (primary N) is 5. The quantitative estimate of drug-likeness (QED) is 0.0175. The van der Waals surface area contributed by atoms with E-state index in [9.17, 15) is 92.7 Å². The lowest BCUT2D eigenvalue weighted by atomic mass is 9.98. The van der Waals surface area contributed by atoms with Gasteiger partial charge >= 0.3 is 35.9 Å². The number of hydrogen-bond acceptors (Lipinski definition) is 18. The lowest BCUT2D eigenvalue weighted by molar-refractivity contribution is -0.147. The highest BCUT2D eigenvalue weighted by Crippen LogP contribution is 2.44. The van der Waals surface area contributed by atoms with Crippen molar-refractivity contribution in [3.63, 3.8) is 0 Å². The average Bonchev–Trinajstić information content (AvgIpc) is 1.62. The second-order valence-electron chi connectivity index (χ2n) is 20.9. The third kappa shape index (κ3) is 27.2. The summed E-state index contributed by atoms with van der Waals surface area (Å²) in [5.74, 6) is -17.8. The number of carboxylic acid groups (broad SMARTS) is 5. The van der Waals surface area contributed by atoms with E-state index in [-0.39, 0.29) is 69.5 Å². The predicted molar refractivity (Wildman–Crippen MR) is 327 cm³/mol. The highest BCUT2D eigenvalue weighted by molar-refractivity contribution is 7.98. The van der Waals surface area contributed by atoms with E-state index in [1.165, 1.54) is 11.8 Å². The van der Waals surface area contributed by atoms with E-state index in [1.54, 1.807) is 6.26 Å². The van der Waals surface area contributed by atoms with Gasteiger partial charge in [0.1, 0.15) is 54.9 Å². The molecule has 0 spiro atoms. The largest absolute Gasteiger partial charge is 0.481 e. The van der Waals surface area contributed by atoms with Crippen LogP contribution in [0.1, 0.15) is 107 Å². The fourth-order valence-corrected chi connectivity index (χ4v) is 9.75. The number of aliphatic imine (C=N–C) groups is 2. The molecule has 3 rings (SSSR count). The van der Waals surface area contributed by atoms with E-state index in [4.69, 9.17) is 33.4 Å². The van der Waals surface area contributed by atoms with Crippen LogP contribution < -0.4 is 71.2 Å². The van der Waals surface area contributed by atoms with Crippen molar-refractivity contribution in [2.75, 3.05) is 31.7 Å². The predicted octanol–water partition coefficient (Wildman–Crippen LogP) is -3.43. The summed E-state index contributed by atoms with van der Waals surface area (Å²) < 4.78 is 5.57. The average molecular weight is 1310 g/mol. The molecular weight excluding hydrogens is 1230 g/mol. The van der Waals surface area contributed by atoms with Gasteiger partial charge in [0.15, 0.2) is 11.9 Å². The van der Waals surface area contributed by atoms with Crippen molar-refractivity contribution in [1.29, 1.82) is 0 Å². The van der Waals surface area contributed by atoms with E-state index < -0.39 is 195 Å². The zero-order valence-electron chi connectivity index (χ0n) is 50.1. The van der Waals surface area contributed by atoms with Crippen molar-refractivity contribution in [3.8, 4) is 11.1 Å². The van der Waals surface area contributed by atoms with Crippen LogP contribution in [0.15, 0.2) is 58.5 Å². The van der Waals surface area contributed by atoms with Gasteiger partial charge in [0.05, 0.1) is 6.42 Å². The van der Waals surface area contributed by atoms with Crippen molar-refractivity contribution < 1.29 is 97.4 Å². The fourth-order valence-electron chi connectivity index (χ4n) is 9.28. The van der Waals surface area contributed by atoms with E-state index in [2.05, 4.69) is 47.2 Å². The number of guanidine groups is 2. The Morgan fingerprint density at radius 1 is 0.446 bits per heavy atom. The van der Waals surface area contributed by atoms with E-state index >= 15 is 0 Å². The fraction of sp³-hybridized carbons (Fsp3) is 0.500. The number of carboxylic acids is 5. The molecule has 0 saturated heterocycles. The number of carbonyl (C=O) groups excluding carboxylic acids is 9. The Bertz CT molecular complexity index is 3010. The van der Waals surface area contributed by atoms with Gasteiger partial charge in [-0.3, -0.25) is 67.5 Å². The zero-order valence-corrected chi connectivity index (χ0v) is 50.9. The van der Waals surface area contributed by atoms with Gasteiger partial charge in [0.25, 0.3) is 0 Å². The number of nitrogens with zero attached hydrogens (tertiary/aromatic N) is 2. The summed E-state index contributed by atoms with van der Waals surface area (Å²) in [6.07, 6.45) is -6.73. The molecule has 36 heteroatoms. The molecule has 0 radical (unpaired) electrons. The summed E-state index contributed by atoms with van der Waals surface area (Å²) in [7, 11) is 0. The smallest absolute Gasteiger partial charge is 0.407 e. The number of amides is 9. The summed E-state index contributed by atoms with van der Waals surface area (Å²) in [6, 6.07) is 0.854. The van der Waals surface area contributed by atoms with Gasteiger partial charge in [-0.1, -0.05) is 48.5 Å².